The molecule has 0 spiro atoms. The molecule has 0 aliphatic carbocycles. The third-order valence-corrected chi connectivity index (χ3v) is 4.96. The molecule has 0 aromatic heterocycles. The summed E-state index contributed by atoms with van der Waals surface area (Å²) in [5.41, 5.74) is -1.17. The van der Waals surface area contributed by atoms with Crippen LogP contribution in [0, 0.1) is 0 Å². The van der Waals surface area contributed by atoms with Gasteiger partial charge in [0.15, 0.2) is 23.7 Å². The molecule has 1 heterocycles. The Morgan fingerprint density at radius 2 is 1.30 bits per heavy atom. The summed E-state index contributed by atoms with van der Waals surface area (Å²) in [6.07, 6.45) is -4.87. The smallest absolute Gasteiger partial charge is 0.303 e. The molecular formula is C16H24O10S. The summed E-state index contributed by atoms with van der Waals surface area (Å²) in [5.74, 6) is -2.62. The average Bonchev–Trinajstić information content (AvgIpc) is 2.54. The van der Waals surface area contributed by atoms with E-state index in [-0.39, 0.29) is 12.4 Å². The molecule has 0 aromatic rings. The number of esters is 4. The van der Waals surface area contributed by atoms with Crippen LogP contribution in [-0.2, 0) is 53.7 Å². The van der Waals surface area contributed by atoms with Gasteiger partial charge >= 0.3 is 23.9 Å². The molecule has 0 amide bonds. The maximum absolute atomic E-state index is 12.4. The summed E-state index contributed by atoms with van der Waals surface area (Å²) >= 11 is 0. The molecule has 10 nitrogen and oxygen atoms in total. The monoisotopic (exact) mass is 408 g/mol. The van der Waals surface area contributed by atoms with Gasteiger partial charge in [-0.15, -0.1) is 0 Å². The van der Waals surface area contributed by atoms with Crippen molar-refractivity contribution in [2.24, 2.45) is 0 Å². The predicted molar refractivity (Wildman–Crippen MR) is 90.6 cm³/mol. The molecule has 1 saturated heterocycles. The highest BCUT2D eigenvalue weighted by molar-refractivity contribution is 7.85. The third kappa shape index (κ3) is 6.90. The molecule has 27 heavy (non-hydrogen) atoms. The van der Waals surface area contributed by atoms with E-state index in [1.165, 1.54) is 6.92 Å². The maximum atomic E-state index is 12.4. The Hall–Kier alpha value is -2.01. The lowest BCUT2D eigenvalue weighted by Gasteiger charge is -2.43. The molecule has 0 saturated carbocycles. The maximum Gasteiger partial charge on any atom is 0.303 e. The lowest BCUT2D eigenvalue weighted by atomic mass is 9.99. The van der Waals surface area contributed by atoms with Crippen LogP contribution in [0.5, 0.6) is 0 Å². The van der Waals surface area contributed by atoms with Gasteiger partial charge in [0.1, 0.15) is 12.7 Å². The highest BCUT2D eigenvalue weighted by Crippen LogP contribution is 2.30. The molecule has 1 aliphatic rings. The molecule has 1 unspecified atom stereocenters. The van der Waals surface area contributed by atoms with Crippen LogP contribution in [0.25, 0.3) is 0 Å². The summed E-state index contributed by atoms with van der Waals surface area (Å²) in [5, 5.41) is 0. The van der Waals surface area contributed by atoms with Crippen molar-refractivity contribution in [2.45, 2.75) is 64.5 Å². The standard InChI is InChI=1S/C16H24O10S/c1-6-27(21)16-15(25-11(5)20)14(24-10(4)19)13(23-9(3)18)12(26-16)7-22-8(2)17/h12-16H,6-7H2,1-5H3/t12-,13+,14+,15-,16-,27?/m1/s1. The predicted octanol–water partition coefficient (Wildman–Crippen LogP) is -0.162. The van der Waals surface area contributed by atoms with Gasteiger partial charge in [-0.1, -0.05) is 6.92 Å². The normalized spacial score (nSPS) is 28.6. The van der Waals surface area contributed by atoms with Crippen LogP contribution < -0.4 is 0 Å². The lowest BCUT2D eigenvalue weighted by molar-refractivity contribution is -0.238. The molecule has 1 rings (SSSR count). The molecule has 1 aliphatic heterocycles. The van der Waals surface area contributed by atoms with E-state index in [2.05, 4.69) is 0 Å². The highest BCUT2D eigenvalue weighted by Gasteiger charge is 2.53. The molecule has 0 bridgehead atoms. The number of carbonyl (C=O) groups excluding carboxylic acids is 4. The van der Waals surface area contributed by atoms with E-state index in [4.69, 9.17) is 23.7 Å². The Kier molecular flexibility index (Phi) is 8.83. The van der Waals surface area contributed by atoms with Crippen LogP contribution in [0.4, 0.5) is 0 Å². The fourth-order valence-corrected chi connectivity index (χ4v) is 3.67. The molecule has 0 radical (unpaired) electrons. The Balaban J connectivity index is 3.33. The summed E-state index contributed by atoms with van der Waals surface area (Å²) < 4.78 is 38.7. The zero-order chi connectivity index (χ0) is 20.7. The van der Waals surface area contributed by atoms with Gasteiger partial charge in [0.05, 0.1) is 10.8 Å². The summed E-state index contributed by atoms with van der Waals surface area (Å²) in [6, 6.07) is 0. The van der Waals surface area contributed by atoms with E-state index >= 15 is 0 Å². The fourth-order valence-electron chi connectivity index (χ4n) is 2.56. The number of hydrogen-bond donors (Lipinski definition) is 0. The van der Waals surface area contributed by atoms with Gasteiger partial charge in [-0.05, 0) is 0 Å². The zero-order valence-corrected chi connectivity index (χ0v) is 16.6. The quantitative estimate of drug-likeness (QED) is 0.413. The summed E-state index contributed by atoms with van der Waals surface area (Å²) in [7, 11) is -1.63. The van der Waals surface area contributed by atoms with Crippen molar-refractivity contribution in [3.8, 4) is 0 Å². The van der Waals surface area contributed by atoms with Gasteiger partial charge in [0.2, 0.25) is 0 Å². The van der Waals surface area contributed by atoms with E-state index in [1.807, 2.05) is 0 Å². The van der Waals surface area contributed by atoms with Gasteiger partial charge in [-0.25, -0.2) is 0 Å². The minimum absolute atomic E-state index is 0.160. The average molecular weight is 408 g/mol. The minimum atomic E-state index is -1.63. The first-order valence-corrected chi connectivity index (χ1v) is 9.62. The molecule has 1 fully saturated rings. The van der Waals surface area contributed by atoms with Gasteiger partial charge in [0, 0.05) is 33.4 Å². The summed E-state index contributed by atoms with van der Waals surface area (Å²) in [4.78, 5) is 45.8. The second kappa shape index (κ2) is 10.4. The first kappa shape index (κ1) is 23.0. The Morgan fingerprint density at radius 3 is 1.74 bits per heavy atom. The van der Waals surface area contributed by atoms with Crippen molar-refractivity contribution in [3.63, 3.8) is 0 Å². The molecule has 154 valence electrons. The Labute approximate surface area is 159 Å². The first-order chi connectivity index (χ1) is 12.6. The van der Waals surface area contributed by atoms with E-state index in [0.717, 1.165) is 20.8 Å². The van der Waals surface area contributed by atoms with Crippen LogP contribution in [0.15, 0.2) is 0 Å². The van der Waals surface area contributed by atoms with Crippen LogP contribution in [0.2, 0.25) is 0 Å². The highest BCUT2D eigenvalue weighted by atomic mass is 32.2. The number of rotatable bonds is 7. The minimum Gasteiger partial charge on any atom is -0.463 e. The SMILES string of the molecule is CCS(=O)[C@H]1O[C@H](COC(C)=O)[C@H](OC(C)=O)[C@H](OC(C)=O)[C@H]1OC(C)=O. The van der Waals surface area contributed by atoms with E-state index in [1.54, 1.807) is 6.92 Å². The second-order valence-electron chi connectivity index (χ2n) is 5.74. The number of ether oxygens (including phenoxy) is 5. The molecule has 0 N–H and O–H groups in total. The second-order valence-corrected chi connectivity index (χ2v) is 7.54. The van der Waals surface area contributed by atoms with Crippen LogP contribution >= 0.6 is 0 Å². The van der Waals surface area contributed by atoms with Crippen molar-refractivity contribution < 1.29 is 47.1 Å². The topological polar surface area (TPSA) is 132 Å². The number of hydrogen-bond acceptors (Lipinski definition) is 10. The van der Waals surface area contributed by atoms with E-state index < -0.39 is 64.5 Å². The largest absolute Gasteiger partial charge is 0.463 e. The van der Waals surface area contributed by atoms with Crippen LogP contribution in [-0.4, -0.2) is 70.3 Å². The Morgan fingerprint density at radius 1 is 0.815 bits per heavy atom. The van der Waals surface area contributed by atoms with E-state index in [0.29, 0.717) is 0 Å². The molecule has 0 aromatic carbocycles. The van der Waals surface area contributed by atoms with Gasteiger partial charge in [-0.3, -0.25) is 23.4 Å². The number of carbonyl (C=O) groups is 4. The summed E-state index contributed by atoms with van der Waals surface area (Å²) in [6.45, 7) is 5.85. The van der Waals surface area contributed by atoms with Crippen molar-refractivity contribution >= 4 is 34.7 Å². The fraction of sp³-hybridized carbons (Fsp3) is 0.750. The van der Waals surface area contributed by atoms with Gasteiger partial charge in [-0.2, -0.15) is 0 Å². The van der Waals surface area contributed by atoms with Gasteiger partial charge < -0.3 is 23.7 Å². The molecule has 6 atom stereocenters. The van der Waals surface area contributed by atoms with Crippen LogP contribution in [0.1, 0.15) is 34.6 Å². The van der Waals surface area contributed by atoms with Crippen molar-refractivity contribution in [3.05, 3.63) is 0 Å². The Bertz CT molecular complexity index is 604. The van der Waals surface area contributed by atoms with Crippen molar-refractivity contribution in [1.82, 2.24) is 0 Å². The third-order valence-electron chi connectivity index (χ3n) is 3.49. The van der Waals surface area contributed by atoms with E-state index in [9.17, 15) is 23.4 Å². The van der Waals surface area contributed by atoms with Crippen LogP contribution in [0.3, 0.4) is 0 Å². The molecular weight excluding hydrogens is 384 g/mol. The zero-order valence-electron chi connectivity index (χ0n) is 15.8. The van der Waals surface area contributed by atoms with Crippen molar-refractivity contribution in [2.75, 3.05) is 12.4 Å². The molecule has 11 heteroatoms. The lowest BCUT2D eigenvalue weighted by Crippen LogP contribution is -2.63. The van der Waals surface area contributed by atoms with Gasteiger partial charge in [0.25, 0.3) is 0 Å². The van der Waals surface area contributed by atoms with Crippen molar-refractivity contribution in [1.29, 1.82) is 0 Å². The first-order valence-electron chi connectivity index (χ1n) is 8.24.